The molecule has 1 N–H and O–H groups in total. The molecule has 1 amide bonds. The number of carbonyl (C=O) groups is 1. The molecule has 88 valence electrons. The molecule has 4 heteroatoms. The summed E-state index contributed by atoms with van der Waals surface area (Å²) in [5.74, 6) is 2.25. The van der Waals surface area contributed by atoms with Crippen LogP contribution in [0.3, 0.4) is 0 Å². The average Bonchev–Trinajstić information content (AvgIpc) is 2.27. The van der Waals surface area contributed by atoms with Crippen LogP contribution in [0.4, 0.5) is 0 Å². The van der Waals surface area contributed by atoms with E-state index in [4.69, 9.17) is 11.6 Å². The van der Waals surface area contributed by atoms with Crippen molar-refractivity contribution in [2.45, 2.75) is 38.1 Å². The number of hydrogen-bond acceptors (Lipinski definition) is 2. The van der Waals surface area contributed by atoms with E-state index in [9.17, 15) is 4.79 Å². The van der Waals surface area contributed by atoms with Gasteiger partial charge in [-0.15, -0.1) is 11.6 Å². The Balaban J connectivity index is 2.30. The molecule has 0 aromatic heterocycles. The van der Waals surface area contributed by atoms with Gasteiger partial charge in [-0.3, -0.25) is 4.79 Å². The fraction of sp³-hybridized carbons (Fsp3) is 0.909. The molecule has 1 saturated carbocycles. The van der Waals surface area contributed by atoms with E-state index in [-0.39, 0.29) is 5.91 Å². The fourth-order valence-corrected chi connectivity index (χ4v) is 2.81. The molecular formula is C11H20ClNOS. The zero-order valence-corrected chi connectivity index (χ0v) is 10.9. The zero-order valence-electron chi connectivity index (χ0n) is 9.30. The minimum absolute atomic E-state index is 0.186. The second-order valence-corrected chi connectivity index (χ2v) is 5.41. The highest BCUT2D eigenvalue weighted by Crippen LogP contribution is 2.25. The molecule has 15 heavy (non-hydrogen) atoms. The van der Waals surface area contributed by atoms with Gasteiger partial charge < -0.3 is 5.32 Å². The number of amides is 1. The third-order valence-electron chi connectivity index (χ3n) is 2.99. The van der Waals surface area contributed by atoms with Gasteiger partial charge in [-0.25, -0.2) is 0 Å². The van der Waals surface area contributed by atoms with Crippen molar-refractivity contribution in [1.82, 2.24) is 5.32 Å². The van der Waals surface area contributed by atoms with Crippen LogP contribution in [0.2, 0.25) is 0 Å². The highest BCUT2D eigenvalue weighted by Gasteiger charge is 2.25. The van der Waals surface area contributed by atoms with Crippen molar-refractivity contribution in [2.75, 3.05) is 17.9 Å². The summed E-state index contributed by atoms with van der Waals surface area (Å²) in [5.41, 5.74) is 0. The first-order chi connectivity index (χ1) is 7.27. The second kappa shape index (κ2) is 7.39. The Hall–Kier alpha value is 0.110. The van der Waals surface area contributed by atoms with E-state index in [0.29, 0.717) is 24.3 Å². The number of halogens is 1. The molecule has 0 aromatic rings. The lowest BCUT2D eigenvalue weighted by Crippen LogP contribution is -2.42. The van der Waals surface area contributed by atoms with Crippen LogP contribution in [0, 0.1) is 5.92 Å². The summed E-state index contributed by atoms with van der Waals surface area (Å²) < 4.78 is 0. The summed E-state index contributed by atoms with van der Waals surface area (Å²) in [6.45, 7) is 0. The lowest BCUT2D eigenvalue weighted by Gasteiger charge is -2.30. The van der Waals surface area contributed by atoms with E-state index in [1.54, 1.807) is 11.8 Å². The Labute approximate surface area is 102 Å². The van der Waals surface area contributed by atoms with Crippen molar-refractivity contribution in [1.29, 1.82) is 0 Å². The van der Waals surface area contributed by atoms with Crippen LogP contribution >= 0.6 is 23.4 Å². The Morgan fingerprint density at radius 3 is 2.87 bits per heavy atom. The maximum atomic E-state index is 11.6. The second-order valence-electron chi connectivity index (χ2n) is 4.12. The van der Waals surface area contributed by atoms with E-state index >= 15 is 0 Å². The van der Waals surface area contributed by atoms with E-state index < -0.39 is 0 Å². The minimum atomic E-state index is 0.186. The summed E-state index contributed by atoms with van der Waals surface area (Å²) in [4.78, 5) is 11.6. The number of nitrogens with one attached hydrogen (secondary N) is 1. The molecule has 0 bridgehead atoms. The van der Waals surface area contributed by atoms with Crippen molar-refractivity contribution in [3.05, 3.63) is 0 Å². The highest BCUT2D eigenvalue weighted by molar-refractivity contribution is 7.98. The zero-order chi connectivity index (χ0) is 11.1. The molecular weight excluding hydrogens is 230 g/mol. The van der Waals surface area contributed by atoms with Gasteiger partial charge in [-0.1, -0.05) is 12.8 Å². The number of thioether (sulfide) groups is 1. The molecule has 2 unspecified atom stereocenters. The average molecular weight is 250 g/mol. The summed E-state index contributed by atoms with van der Waals surface area (Å²) in [6, 6.07) is 0.325. The molecule has 2 nitrogen and oxygen atoms in total. The van der Waals surface area contributed by atoms with Gasteiger partial charge >= 0.3 is 0 Å². The first-order valence-electron chi connectivity index (χ1n) is 5.62. The van der Waals surface area contributed by atoms with Gasteiger partial charge in [0.1, 0.15) is 0 Å². The third kappa shape index (κ3) is 4.64. The van der Waals surface area contributed by atoms with Crippen molar-refractivity contribution >= 4 is 29.3 Å². The molecule has 0 spiro atoms. The topological polar surface area (TPSA) is 29.1 Å². The quantitative estimate of drug-likeness (QED) is 0.759. The van der Waals surface area contributed by atoms with Crippen LogP contribution in [-0.2, 0) is 4.79 Å². The third-order valence-corrected chi connectivity index (χ3v) is 4.00. The Morgan fingerprint density at radius 2 is 2.20 bits per heavy atom. The number of alkyl halides is 1. The van der Waals surface area contributed by atoms with E-state index in [0.717, 1.165) is 18.6 Å². The standard InChI is InChI=1S/C11H20ClNOS/c1-15-7-6-11(14)13-10-5-3-2-4-9(10)8-12/h9-10H,2-8H2,1H3,(H,13,14). The first kappa shape index (κ1) is 13.2. The number of carbonyl (C=O) groups excluding carboxylic acids is 1. The van der Waals surface area contributed by atoms with Crippen LogP contribution in [0.1, 0.15) is 32.1 Å². The van der Waals surface area contributed by atoms with Gasteiger partial charge in [0, 0.05) is 24.1 Å². The van der Waals surface area contributed by atoms with Gasteiger partial charge in [0.15, 0.2) is 0 Å². The monoisotopic (exact) mass is 249 g/mol. The predicted molar refractivity (Wildman–Crippen MR) is 67.6 cm³/mol. The smallest absolute Gasteiger partial charge is 0.221 e. The van der Waals surface area contributed by atoms with Crippen LogP contribution in [0.15, 0.2) is 0 Å². The van der Waals surface area contributed by atoms with Crippen molar-refractivity contribution < 1.29 is 4.79 Å². The van der Waals surface area contributed by atoms with Crippen LogP contribution in [0.5, 0.6) is 0 Å². The van der Waals surface area contributed by atoms with Gasteiger partial charge in [0.25, 0.3) is 0 Å². The molecule has 1 aliphatic rings. The summed E-state index contributed by atoms with van der Waals surface area (Å²) in [6.07, 6.45) is 7.40. The normalized spacial score (nSPS) is 26.3. The van der Waals surface area contributed by atoms with Crippen LogP contribution < -0.4 is 5.32 Å². The fourth-order valence-electron chi connectivity index (χ4n) is 2.06. The molecule has 1 fully saturated rings. The maximum absolute atomic E-state index is 11.6. The lowest BCUT2D eigenvalue weighted by molar-refractivity contribution is -0.121. The molecule has 0 heterocycles. The van der Waals surface area contributed by atoms with E-state index in [1.165, 1.54) is 12.8 Å². The van der Waals surface area contributed by atoms with Gasteiger partial charge in [-0.05, 0) is 25.0 Å². The predicted octanol–water partition coefficient (Wildman–Crippen LogP) is 2.65. The molecule has 0 radical (unpaired) electrons. The summed E-state index contributed by atoms with van der Waals surface area (Å²) in [7, 11) is 0. The highest BCUT2D eigenvalue weighted by atomic mass is 35.5. The van der Waals surface area contributed by atoms with Crippen molar-refractivity contribution in [3.63, 3.8) is 0 Å². The SMILES string of the molecule is CSCCC(=O)NC1CCCCC1CCl. The van der Waals surface area contributed by atoms with Gasteiger partial charge in [0.2, 0.25) is 5.91 Å². The van der Waals surface area contributed by atoms with E-state index in [1.807, 2.05) is 6.26 Å². The first-order valence-corrected chi connectivity index (χ1v) is 7.55. The molecule has 1 aliphatic carbocycles. The molecule has 0 aliphatic heterocycles. The molecule has 2 atom stereocenters. The largest absolute Gasteiger partial charge is 0.353 e. The molecule has 1 rings (SSSR count). The van der Waals surface area contributed by atoms with Crippen molar-refractivity contribution in [3.8, 4) is 0 Å². The van der Waals surface area contributed by atoms with E-state index in [2.05, 4.69) is 5.32 Å². The Kier molecular flexibility index (Phi) is 6.50. The molecule has 0 saturated heterocycles. The van der Waals surface area contributed by atoms with Crippen molar-refractivity contribution in [2.24, 2.45) is 5.92 Å². The van der Waals surface area contributed by atoms with Gasteiger partial charge in [0.05, 0.1) is 0 Å². The Bertz CT molecular complexity index is 201. The van der Waals surface area contributed by atoms with Crippen LogP contribution in [-0.4, -0.2) is 29.8 Å². The maximum Gasteiger partial charge on any atom is 0.221 e. The number of rotatable bonds is 5. The summed E-state index contributed by atoms with van der Waals surface area (Å²) >= 11 is 7.62. The minimum Gasteiger partial charge on any atom is -0.353 e. The van der Waals surface area contributed by atoms with Crippen LogP contribution in [0.25, 0.3) is 0 Å². The summed E-state index contributed by atoms with van der Waals surface area (Å²) in [5, 5.41) is 3.12. The van der Waals surface area contributed by atoms with Gasteiger partial charge in [-0.2, -0.15) is 11.8 Å². The number of hydrogen-bond donors (Lipinski definition) is 1. The molecule has 0 aromatic carbocycles. The Morgan fingerprint density at radius 1 is 1.47 bits per heavy atom. The lowest BCUT2D eigenvalue weighted by atomic mass is 9.86.